The molecule has 0 radical (unpaired) electrons. The predicted molar refractivity (Wildman–Crippen MR) is 78.0 cm³/mol. The number of hydrogen-bond acceptors (Lipinski definition) is 3. The van der Waals surface area contributed by atoms with E-state index < -0.39 is 0 Å². The summed E-state index contributed by atoms with van der Waals surface area (Å²) in [6, 6.07) is 6.97. The van der Waals surface area contributed by atoms with Gasteiger partial charge >= 0.3 is 0 Å². The van der Waals surface area contributed by atoms with Gasteiger partial charge in [-0.1, -0.05) is 23.7 Å². The van der Waals surface area contributed by atoms with Crippen molar-refractivity contribution in [2.45, 2.75) is 6.92 Å². The molecule has 0 spiro atoms. The number of benzene rings is 1. The molecule has 2 aromatic rings. The standard InChI is InChI=1S/C13H11ClN2O2S/c1-8(17)15-12-7-19-6-9(12)13(18)16-11-5-3-2-4-10(11)14/h2-7H,1H3,(H,15,17)(H,16,18). The van der Waals surface area contributed by atoms with Gasteiger partial charge in [-0.05, 0) is 12.1 Å². The quantitative estimate of drug-likeness (QED) is 0.908. The lowest BCUT2D eigenvalue weighted by atomic mass is 10.2. The Kier molecular flexibility index (Phi) is 4.19. The Balaban J connectivity index is 2.19. The zero-order chi connectivity index (χ0) is 13.8. The smallest absolute Gasteiger partial charge is 0.258 e. The molecule has 0 fully saturated rings. The summed E-state index contributed by atoms with van der Waals surface area (Å²) in [5.41, 5.74) is 1.45. The van der Waals surface area contributed by atoms with Crippen molar-refractivity contribution in [2.24, 2.45) is 0 Å². The summed E-state index contributed by atoms with van der Waals surface area (Å²) in [5.74, 6) is -0.525. The van der Waals surface area contributed by atoms with Gasteiger partial charge in [-0.25, -0.2) is 0 Å². The molecule has 0 aliphatic heterocycles. The van der Waals surface area contributed by atoms with Gasteiger partial charge in [0.2, 0.25) is 5.91 Å². The van der Waals surface area contributed by atoms with E-state index in [9.17, 15) is 9.59 Å². The van der Waals surface area contributed by atoms with Gasteiger partial charge < -0.3 is 10.6 Å². The van der Waals surface area contributed by atoms with E-state index in [4.69, 9.17) is 11.6 Å². The summed E-state index contributed by atoms with van der Waals surface area (Å²) in [4.78, 5) is 23.2. The number of carbonyl (C=O) groups excluding carboxylic acids is 2. The number of carbonyl (C=O) groups is 2. The van der Waals surface area contributed by atoms with Crippen LogP contribution in [0.3, 0.4) is 0 Å². The first kappa shape index (κ1) is 13.6. The summed E-state index contributed by atoms with van der Waals surface area (Å²) in [5, 5.41) is 9.18. The molecule has 0 saturated heterocycles. The van der Waals surface area contributed by atoms with Crippen molar-refractivity contribution >= 4 is 46.1 Å². The molecule has 0 unspecified atom stereocenters. The molecular formula is C13H11ClN2O2S. The lowest BCUT2D eigenvalue weighted by molar-refractivity contribution is -0.114. The third-order valence-corrected chi connectivity index (χ3v) is 3.41. The molecule has 0 aliphatic carbocycles. The van der Waals surface area contributed by atoms with Crippen LogP contribution in [0.25, 0.3) is 0 Å². The van der Waals surface area contributed by atoms with E-state index in [0.29, 0.717) is 22.0 Å². The van der Waals surface area contributed by atoms with Crippen LogP contribution in [0.2, 0.25) is 5.02 Å². The number of rotatable bonds is 3. The van der Waals surface area contributed by atoms with Crippen molar-refractivity contribution in [3.8, 4) is 0 Å². The summed E-state index contributed by atoms with van der Waals surface area (Å²) < 4.78 is 0. The Labute approximate surface area is 119 Å². The maximum atomic E-state index is 12.1. The van der Waals surface area contributed by atoms with E-state index in [2.05, 4.69) is 10.6 Å². The number of para-hydroxylation sites is 1. The fraction of sp³-hybridized carbons (Fsp3) is 0.0769. The minimum atomic E-state index is -0.307. The molecule has 0 aliphatic rings. The van der Waals surface area contributed by atoms with Crippen molar-refractivity contribution in [3.05, 3.63) is 45.6 Å². The van der Waals surface area contributed by atoms with Gasteiger partial charge in [0.1, 0.15) is 0 Å². The van der Waals surface area contributed by atoms with Gasteiger partial charge in [-0.2, -0.15) is 0 Å². The first-order valence-electron chi connectivity index (χ1n) is 5.47. The van der Waals surface area contributed by atoms with Crippen LogP contribution in [0.15, 0.2) is 35.0 Å². The SMILES string of the molecule is CC(=O)Nc1cscc1C(=O)Nc1ccccc1Cl. The van der Waals surface area contributed by atoms with Gasteiger partial charge in [0.05, 0.1) is 22.0 Å². The topological polar surface area (TPSA) is 58.2 Å². The minimum absolute atomic E-state index is 0.217. The monoisotopic (exact) mass is 294 g/mol. The number of anilines is 2. The number of nitrogens with one attached hydrogen (secondary N) is 2. The van der Waals surface area contributed by atoms with E-state index in [-0.39, 0.29) is 11.8 Å². The average Bonchev–Trinajstić information content (AvgIpc) is 2.79. The minimum Gasteiger partial charge on any atom is -0.325 e. The number of thiophene rings is 1. The number of halogens is 1. The molecule has 2 N–H and O–H groups in total. The van der Waals surface area contributed by atoms with Gasteiger partial charge in [-0.3, -0.25) is 9.59 Å². The van der Waals surface area contributed by atoms with Crippen LogP contribution in [0.1, 0.15) is 17.3 Å². The molecule has 98 valence electrons. The maximum Gasteiger partial charge on any atom is 0.258 e. The third-order valence-electron chi connectivity index (χ3n) is 2.34. The highest BCUT2D eigenvalue weighted by molar-refractivity contribution is 7.08. The summed E-state index contributed by atoms with van der Waals surface area (Å²) in [7, 11) is 0. The van der Waals surface area contributed by atoms with Crippen LogP contribution in [0.4, 0.5) is 11.4 Å². The molecule has 1 aromatic carbocycles. The lowest BCUT2D eigenvalue weighted by Gasteiger charge is -2.07. The molecule has 1 aromatic heterocycles. The highest BCUT2D eigenvalue weighted by atomic mass is 35.5. The largest absolute Gasteiger partial charge is 0.325 e. The van der Waals surface area contributed by atoms with E-state index in [0.717, 1.165) is 0 Å². The average molecular weight is 295 g/mol. The van der Waals surface area contributed by atoms with Gasteiger partial charge in [0, 0.05) is 17.7 Å². The van der Waals surface area contributed by atoms with E-state index in [1.165, 1.54) is 18.3 Å². The highest BCUT2D eigenvalue weighted by Gasteiger charge is 2.14. The predicted octanol–water partition coefficient (Wildman–Crippen LogP) is 3.61. The zero-order valence-corrected chi connectivity index (χ0v) is 11.6. The zero-order valence-electron chi connectivity index (χ0n) is 10.1. The molecule has 1 heterocycles. The Bertz CT molecular complexity index is 625. The molecule has 4 nitrogen and oxygen atoms in total. The second kappa shape index (κ2) is 5.86. The van der Waals surface area contributed by atoms with Crippen molar-refractivity contribution in [2.75, 3.05) is 10.6 Å². The molecule has 0 bridgehead atoms. The highest BCUT2D eigenvalue weighted by Crippen LogP contribution is 2.25. The molecule has 2 amide bonds. The van der Waals surface area contributed by atoms with Crippen molar-refractivity contribution < 1.29 is 9.59 Å². The first-order valence-corrected chi connectivity index (χ1v) is 6.79. The number of hydrogen-bond donors (Lipinski definition) is 2. The fourth-order valence-electron chi connectivity index (χ4n) is 1.51. The lowest BCUT2D eigenvalue weighted by Crippen LogP contribution is -2.15. The molecule has 0 saturated carbocycles. The number of amides is 2. The Hall–Kier alpha value is -1.85. The first-order chi connectivity index (χ1) is 9.08. The van der Waals surface area contributed by atoms with Crippen LogP contribution >= 0.6 is 22.9 Å². The molecule has 0 atom stereocenters. The fourth-order valence-corrected chi connectivity index (χ4v) is 2.45. The van der Waals surface area contributed by atoms with E-state index >= 15 is 0 Å². The molecule has 6 heteroatoms. The van der Waals surface area contributed by atoms with Crippen LogP contribution in [0.5, 0.6) is 0 Å². The molecular weight excluding hydrogens is 284 g/mol. The Morgan fingerprint density at radius 1 is 1.11 bits per heavy atom. The molecule has 2 rings (SSSR count). The van der Waals surface area contributed by atoms with Crippen molar-refractivity contribution in [3.63, 3.8) is 0 Å². The van der Waals surface area contributed by atoms with Crippen LogP contribution in [-0.2, 0) is 4.79 Å². The maximum absolute atomic E-state index is 12.1. The van der Waals surface area contributed by atoms with Crippen LogP contribution in [0, 0.1) is 0 Å². The van der Waals surface area contributed by atoms with Gasteiger partial charge in [0.25, 0.3) is 5.91 Å². The summed E-state index contributed by atoms with van der Waals surface area (Å²) in [6.45, 7) is 1.40. The Morgan fingerprint density at radius 2 is 1.84 bits per heavy atom. The van der Waals surface area contributed by atoms with Gasteiger partial charge in [0.15, 0.2) is 0 Å². The normalized spacial score (nSPS) is 10.0. The van der Waals surface area contributed by atoms with Crippen LogP contribution in [-0.4, -0.2) is 11.8 Å². The van der Waals surface area contributed by atoms with Crippen molar-refractivity contribution in [1.29, 1.82) is 0 Å². The Morgan fingerprint density at radius 3 is 2.53 bits per heavy atom. The van der Waals surface area contributed by atoms with Gasteiger partial charge in [-0.15, -0.1) is 11.3 Å². The van der Waals surface area contributed by atoms with Crippen molar-refractivity contribution in [1.82, 2.24) is 0 Å². The third kappa shape index (κ3) is 3.33. The molecule has 19 heavy (non-hydrogen) atoms. The summed E-state index contributed by atoms with van der Waals surface area (Å²) >= 11 is 7.31. The second-order valence-electron chi connectivity index (χ2n) is 3.81. The van der Waals surface area contributed by atoms with E-state index in [1.807, 2.05) is 0 Å². The summed E-state index contributed by atoms with van der Waals surface area (Å²) in [6.07, 6.45) is 0. The van der Waals surface area contributed by atoms with Crippen LogP contribution < -0.4 is 10.6 Å². The van der Waals surface area contributed by atoms with E-state index in [1.54, 1.807) is 35.0 Å². The second-order valence-corrected chi connectivity index (χ2v) is 4.97.